The normalized spacial score (nSPS) is 17.0. The zero-order valence-corrected chi connectivity index (χ0v) is 12.4. The van der Waals surface area contributed by atoms with Crippen LogP contribution in [0.15, 0.2) is 12.1 Å². The van der Waals surface area contributed by atoms with Crippen molar-refractivity contribution in [2.45, 2.75) is 13.0 Å². The number of carbonyl (C=O) groups excluding carboxylic acids is 1. The van der Waals surface area contributed by atoms with Gasteiger partial charge in [-0.25, -0.2) is 0 Å². The van der Waals surface area contributed by atoms with Crippen LogP contribution in [0.25, 0.3) is 0 Å². The molecule has 5 nitrogen and oxygen atoms in total. The highest BCUT2D eigenvalue weighted by Crippen LogP contribution is 2.36. The Labute approximate surface area is 123 Å². The molecule has 1 fully saturated rings. The number of amides is 1. The standard InChI is InChI=1S/C14H19ClN2O3/c1-10(19)11-7-12(15)14(20-2)8-13(11)17-5-3-16(9-18)4-6-17/h7-10,19H,3-6H2,1-2H3. The fourth-order valence-corrected chi connectivity index (χ4v) is 2.64. The van der Waals surface area contributed by atoms with E-state index >= 15 is 0 Å². The van der Waals surface area contributed by atoms with Gasteiger partial charge in [-0.15, -0.1) is 0 Å². The molecule has 110 valence electrons. The molecule has 0 bridgehead atoms. The highest BCUT2D eigenvalue weighted by atomic mass is 35.5. The Morgan fingerprint density at radius 2 is 2.00 bits per heavy atom. The molecule has 1 aliphatic rings. The van der Waals surface area contributed by atoms with Gasteiger partial charge >= 0.3 is 0 Å². The maximum atomic E-state index is 10.8. The van der Waals surface area contributed by atoms with Crippen LogP contribution < -0.4 is 9.64 Å². The highest BCUT2D eigenvalue weighted by molar-refractivity contribution is 6.32. The second-order valence-corrected chi connectivity index (χ2v) is 5.26. The highest BCUT2D eigenvalue weighted by Gasteiger charge is 2.21. The third-order valence-corrected chi connectivity index (χ3v) is 3.85. The molecule has 1 aliphatic heterocycles. The third kappa shape index (κ3) is 2.99. The Balaban J connectivity index is 2.32. The molecule has 1 heterocycles. The summed E-state index contributed by atoms with van der Waals surface area (Å²) in [6.45, 7) is 4.51. The molecule has 1 aromatic rings. The maximum Gasteiger partial charge on any atom is 0.209 e. The largest absolute Gasteiger partial charge is 0.495 e. The molecule has 1 N–H and O–H groups in total. The van der Waals surface area contributed by atoms with Crippen LogP contribution in [0.3, 0.4) is 0 Å². The van der Waals surface area contributed by atoms with Crippen LogP contribution in [0.5, 0.6) is 5.75 Å². The predicted octanol–water partition coefficient (Wildman–Crippen LogP) is 1.68. The van der Waals surface area contributed by atoms with E-state index in [-0.39, 0.29) is 0 Å². The number of anilines is 1. The number of methoxy groups -OCH3 is 1. The number of hydrogen-bond donors (Lipinski definition) is 1. The van der Waals surface area contributed by atoms with Crippen molar-refractivity contribution in [2.75, 3.05) is 38.2 Å². The molecule has 0 aliphatic carbocycles. The number of aliphatic hydroxyl groups is 1. The van der Waals surface area contributed by atoms with Gasteiger partial charge in [0.05, 0.1) is 18.2 Å². The summed E-state index contributed by atoms with van der Waals surface area (Å²) in [7, 11) is 1.57. The van der Waals surface area contributed by atoms with E-state index in [9.17, 15) is 9.90 Å². The molecule has 2 rings (SSSR count). The van der Waals surface area contributed by atoms with Crippen LogP contribution in [0.2, 0.25) is 5.02 Å². The fraction of sp³-hybridized carbons (Fsp3) is 0.500. The van der Waals surface area contributed by atoms with Crippen molar-refractivity contribution in [2.24, 2.45) is 0 Å². The van der Waals surface area contributed by atoms with E-state index in [1.165, 1.54) is 0 Å². The van der Waals surface area contributed by atoms with Gasteiger partial charge in [-0.2, -0.15) is 0 Å². The summed E-state index contributed by atoms with van der Waals surface area (Å²) in [4.78, 5) is 14.6. The quantitative estimate of drug-likeness (QED) is 0.859. The van der Waals surface area contributed by atoms with Crippen molar-refractivity contribution in [1.29, 1.82) is 0 Å². The van der Waals surface area contributed by atoms with E-state index in [1.807, 2.05) is 6.07 Å². The van der Waals surface area contributed by atoms with Crippen molar-refractivity contribution in [3.63, 3.8) is 0 Å². The van der Waals surface area contributed by atoms with E-state index in [0.29, 0.717) is 23.9 Å². The van der Waals surface area contributed by atoms with Crippen LogP contribution in [-0.4, -0.2) is 49.7 Å². The number of ether oxygens (including phenoxy) is 1. The molecule has 20 heavy (non-hydrogen) atoms. The molecule has 1 atom stereocenters. The molecular weight excluding hydrogens is 280 g/mol. The fourth-order valence-electron chi connectivity index (χ4n) is 2.39. The van der Waals surface area contributed by atoms with E-state index < -0.39 is 6.10 Å². The Morgan fingerprint density at radius 1 is 1.35 bits per heavy atom. The third-order valence-electron chi connectivity index (χ3n) is 3.56. The van der Waals surface area contributed by atoms with Crippen molar-refractivity contribution in [3.8, 4) is 5.75 Å². The van der Waals surface area contributed by atoms with E-state index in [1.54, 1.807) is 25.0 Å². The predicted molar refractivity (Wildman–Crippen MR) is 78.5 cm³/mol. The lowest BCUT2D eigenvalue weighted by Gasteiger charge is -2.35. The zero-order valence-electron chi connectivity index (χ0n) is 11.7. The van der Waals surface area contributed by atoms with Gasteiger partial charge in [-0.05, 0) is 13.0 Å². The number of piperazine rings is 1. The summed E-state index contributed by atoms with van der Waals surface area (Å²) < 4.78 is 5.25. The monoisotopic (exact) mass is 298 g/mol. The first kappa shape index (κ1) is 14.9. The molecule has 1 aromatic carbocycles. The lowest BCUT2D eigenvalue weighted by molar-refractivity contribution is -0.118. The van der Waals surface area contributed by atoms with Crippen LogP contribution in [0.1, 0.15) is 18.6 Å². The van der Waals surface area contributed by atoms with Gasteiger partial charge < -0.3 is 19.6 Å². The first-order chi connectivity index (χ1) is 9.56. The number of carbonyl (C=O) groups is 1. The Bertz CT molecular complexity index is 486. The average Bonchev–Trinajstić information content (AvgIpc) is 2.47. The van der Waals surface area contributed by atoms with Gasteiger partial charge in [0.2, 0.25) is 6.41 Å². The SMILES string of the molecule is COc1cc(N2CCN(C=O)CC2)c(C(C)O)cc1Cl. The molecule has 1 amide bonds. The van der Waals surface area contributed by atoms with Gasteiger partial charge in [0.25, 0.3) is 0 Å². The summed E-state index contributed by atoms with van der Waals surface area (Å²) in [5.74, 6) is 0.587. The summed E-state index contributed by atoms with van der Waals surface area (Å²) in [6.07, 6.45) is 0.257. The smallest absolute Gasteiger partial charge is 0.209 e. The molecule has 6 heteroatoms. The van der Waals surface area contributed by atoms with Gasteiger partial charge in [-0.3, -0.25) is 4.79 Å². The number of halogens is 1. The molecule has 0 aromatic heterocycles. The minimum Gasteiger partial charge on any atom is -0.495 e. The van der Waals surface area contributed by atoms with Crippen LogP contribution in [0.4, 0.5) is 5.69 Å². The minimum absolute atomic E-state index is 0.485. The molecule has 0 spiro atoms. The minimum atomic E-state index is -0.613. The number of benzene rings is 1. The van der Waals surface area contributed by atoms with Crippen LogP contribution in [0, 0.1) is 0 Å². The second kappa shape index (κ2) is 6.33. The topological polar surface area (TPSA) is 53.0 Å². The molecular formula is C14H19ClN2O3. The van der Waals surface area contributed by atoms with Crippen molar-refractivity contribution in [3.05, 3.63) is 22.7 Å². The second-order valence-electron chi connectivity index (χ2n) is 4.85. The number of nitrogens with zero attached hydrogens (tertiary/aromatic N) is 2. The van der Waals surface area contributed by atoms with Crippen molar-refractivity contribution in [1.82, 2.24) is 4.90 Å². The zero-order chi connectivity index (χ0) is 14.7. The van der Waals surface area contributed by atoms with E-state index in [0.717, 1.165) is 30.8 Å². The van der Waals surface area contributed by atoms with Crippen molar-refractivity contribution < 1.29 is 14.6 Å². The summed E-state index contributed by atoms with van der Waals surface area (Å²) >= 11 is 6.12. The Kier molecular flexibility index (Phi) is 4.73. The van der Waals surface area contributed by atoms with Crippen LogP contribution >= 0.6 is 11.6 Å². The van der Waals surface area contributed by atoms with E-state index in [4.69, 9.17) is 16.3 Å². The maximum absolute atomic E-state index is 10.8. The summed E-state index contributed by atoms with van der Waals surface area (Å²) in [5.41, 5.74) is 1.68. The Hall–Kier alpha value is -1.46. The average molecular weight is 299 g/mol. The number of rotatable bonds is 4. The van der Waals surface area contributed by atoms with Gasteiger partial charge in [0.15, 0.2) is 0 Å². The van der Waals surface area contributed by atoms with Gasteiger partial charge in [0, 0.05) is 43.5 Å². The molecule has 0 saturated carbocycles. The van der Waals surface area contributed by atoms with E-state index in [2.05, 4.69) is 4.90 Å². The Morgan fingerprint density at radius 3 is 2.50 bits per heavy atom. The van der Waals surface area contributed by atoms with Gasteiger partial charge in [-0.1, -0.05) is 11.6 Å². The number of hydrogen-bond acceptors (Lipinski definition) is 4. The molecule has 0 radical (unpaired) electrons. The lowest BCUT2D eigenvalue weighted by atomic mass is 10.1. The summed E-state index contributed by atoms with van der Waals surface area (Å²) in [5, 5.41) is 10.4. The van der Waals surface area contributed by atoms with Crippen molar-refractivity contribution >= 4 is 23.7 Å². The lowest BCUT2D eigenvalue weighted by Crippen LogP contribution is -2.46. The first-order valence-corrected chi connectivity index (χ1v) is 6.94. The first-order valence-electron chi connectivity index (χ1n) is 6.56. The number of aliphatic hydroxyl groups excluding tert-OH is 1. The van der Waals surface area contributed by atoms with Crippen LogP contribution in [-0.2, 0) is 4.79 Å². The molecule has 1 saturated heterocycles. The molecule has 1 unspecified atom stereocenters. The summed E-state index contributed by atoms with van der Waals surface area (Å²) in [6, 6.07) is 3.59. The van der Waals surface area contributed by atoms with Gasteiger partial charge in [0.1, 0.15) is 5.75 Å².